The molecule has 2 N–H and O–H groups in total. The first-order valence-electron chi connectivity index (χ1n) is 6.35. The van der Waals surface area contributed by atoms with Crippen molar-refractivity contribution < 1.29 is 4.74 Å². The summed E-state index contributed by atoms with van der Waals surface area (Å²) in [5.74, 6) is 0.771. The van der Waals surface area contributed by atoms with Gasteiger partial charge in [0.15, 0.2) is 0 Å². The van der Waals surface area contributed by atoms with E-state index in [1.54, 1.807) is 7.11 Å². The number of nitrogen functional groups attached to an aromatic ring is 1. The zero-order valence-corrected chi connectivity index (χ0v) is 10.9. The maximum Gasteiger partial charge on any atom is 0.143 e. The highest BCUT2D eigenvalue weighted by Crippen LogP contribution is 2.33. The fourth-order valence-electron chi connectivity index (χ4n) is 2.79. The van der Waals surface area contributed by atoms with Crippen LogP contribution in [0.1, 0.15) is 33.1 Å². The lowest BCUT2D eigenvalue weighted by atomic mass is 9.96. The molecule has 0 aromatic heterocycles. The summed E-state index contributed by atoms with van der Waals surface area (Å²) in [6.45, 7) is 4.58. The number of hydrogen-bond acceptors (Lipinski definition) is 3. The van der Waals surface area contributed by atoms with Crippen LogP contribution < -0.4 is 15.4 Å². The standard InChI is InChI=1S/C14H22N2O/c1-10-5-4-6-11(2)16(10)12-7-8-13(15)14(9-12)17-3/h7-11H,4-6,15H2,1-3H3. The number of anilines is 2. The van der Waals surface area contributed by atoms with Gasteiger partial charge in [-0.05, 0) is 45.2 Å². The molecule has 0 saturated carbocycles. The molecule has 1 saturated heterocycles. The van der Waals surface area contributed by atoms with Crippen LogP contribution in [0.2, 0.25) is 0 Å². The van der Waals surface area contributed by atoms with Crippen molar-refractivity contribution in [2.45, 2.75) is 45.2 Å². The zero-order chi connectivity index (χ0) is 12.4. The number of methoxy groups -OCH3 is 1. The molecular formula is C14H22N2O. The van der Waals surface area contributed by atoms with Crippen LogP contribution in [0.4, 0.5) is 11.4 Å². The highest BCUT2D eigenvalue weighted by atomic mass is 16.5. The topological polar surface area (TPSA) is 38.5 Å². The van der Waals surface area contributed by atoms with E-state index in [9.17, 15) is 0 Å². The molecule has 3 heteroatoms. The van der Waals surface area contributed by atoms with Crippen LogP contribution in [0.25, 0.3) is 0 Å². The van der Waals surface area contributed by atoms with Crippen LogP contribution in [-0.4, -0.2) is 19.2 Å². The van der Waals surface area contributed by atoms with Gasteiger partial charge in [-0.2, -0.15) is 0 Å². The van der Waals surface area contributed by atoms with Crippen molar-refractivity contribution in [2.75, 3.05) is 17.7 Å². The summed E-state index contributed by atoms with van der Waals surface area (Å²) in [7, 11) is 1.67. The van der Waals surface area contributed by atoms with Crippen LogP contribution in [0, 0.1) is 0 Å². The second-order valence-electron chi connectivity index (χ2n) is 4.96. The Hall–Kier alpha value is -1.38. The van der Waals surface area contributed by atoms with Crippen molar-refractivity contribution in [1.82, 2.24) is 0 Å². The second-order valence-corrected chi connectivity index (χ2v) is 4.96. The molecular weight excluding hydrogens is 212 g/mol. The first-order valence-corrected chi connectivity index (χ1v) is 6.35. The Kier molecular flexibility index (Phi) is 3.46. The molecule has 2 rings (SSSR count). The quantitative estimate of drug-likeness (QED) is 0.799. The number of ether oxygens (including phenoxy) is 1. The van der Waals surface area contributed by atoms with Gasteiger partial charge >= 0.3 is 0 Å². The second kappa shape index (κ2) is 4.86. The van der Waals surface area contributed by atoms with Crippen LogP contribution in [-0.2, 0) is 0 Å². The lowest BCUT2D eigenvalue weighted by Crippen LogP contribution is -2.43. The Morgan fingerprint density at radius 3 is 2.47 bits per heavy atom. The van der Waals surface area contributed by atoms with Crippen LogP contribution in [0.5, 0.6) is 5.75 Å². The highest BCUT2D eigenvalue weighted by molar-refractivity contribution is 5.63. The number of benzene rings is 1. The van der Waals surface area contributed by atoms with Gasteiger partial charge in [0.2, 0.25) is 0 Å². The van der Waals surface area contributed by atoms with E-state index in [0.29, 0.717) is 17.8 Å². The third-order valence-corrected chi connectivity index (χ3v) is 3.71. The number of rotatable bonds is 2. The summed E-state index contributed by atoms with van der Waals surface area (Å²) in [6.07, 6.45) is 3.85. The Balaban J connectivity index is 2.31. The van der Waals surface area contributed by atoms with Crippen LogP contribution in [0.3, 0.4) is 0 Å². The van der Waals surface area contributed by atoms with E-state index in [1.165, 1.54) is 24.9 Å². The molecule has 3 nitrogen and oxygen atoms in total. The average molecular weight is 234 g/mol. The fraction of sp³-hybridized carbons (Fsp3) is 0.571. The van der Waals surface area contributed by atoms with Gasteiger partial charge in [0.1, 0.15) is 5.75 Å². The van der Waals surface area contributed by atoms with Gasteiger partial charge in [-0.1, -0.05) is 0 Å². The highest BCUT2D eigenvalue weighted by Gasteiger charge is 2.25. The van der Waals surface area contributed by atoms with Crippen molar-refractivity contribution in [3.05, 3.63) is 18.2 Å². The Morgan fingerprint density at radius 2 is 1.88 bits per heavy atom. The van der Waals surface area contributed by atoms with Gasteiger partial charge in [-0.3, -0.25) is 0 Å². The Labute approximate surface area is 104 Å². The molecule has 1 aromatic carbocycles. The first-order chi connectivity index (χ1) is 8.13. The number of hydrogen-bond donors (Lipinski definition) is 1. The first kappa shape index (κ1) is 12.1. The minimum atomic E-state index is 0.590. The summed E-state index contributed by atoms with van der Waals surface area (Å²) in [5, 5.41) is 0. The zero-order valence-electron chi connectivity index (χ0n) is 10.9. The van der Waals surface area contributed by atoms with Crippen LogP contribution >= 0.6 is 0 Å². The molecule has 2 unspecified atom stereocenters. The maximum absolute atomic E-state index is 5.86. The van der Waals surface area contributed by atoms with Gasteiger partial charge in [-0.15, -0.1) is 0 Å². The molecule has 94 valence electrons. The molecule has 0 bridgehead atoms. The molecule has 0 aliphatic carbocycles. The van der Waals surface area contributed by atoms with Gasteiger partial charge < -0.3 is 15.4 Å². The molecule has 0 spiro atoms. The smallest absolute Gasteiger partial charge is 0.143 e. The molecule has 17 heavy (non-hydrogen) atoms. The third kappa shape index (κ3) is 2.33. The predicted molar refractivity (Wildman–Crippen MR) is 72.7 cm³/mol. The molecule has 0 amide bonds. The monoisotopic (exact) mass is 234 g/mol. The molecule has 2 atom stereocenters. The van der Waals surface area contributed by atoms with Gasteiger partial charge in [0.05, 0.1) is 12.8 Å². The minimum absolute atomic E-state index is 0.590. The van der Waals surface area contributed by atoms with Crippen molar-refractivity contribution in [2.24, 2.45) is 0 Å². The summed E-state index contributed by atoms with van der Waals surface area (Å²) in [5.41, 5.74) is 7.78. The minimum Gasteiger partial charge on any atom is -0.495 e. The molecule has 1 aliphatic rings. The van der Waals surface area contributed by atoms with E-state index in [1.807, 2.05) is 12.1 Å². The number of piperidine rings is 1. The summed E-state index contributed by atoms with van der Waals surface area (Å²) in [6, 6.07) is 7.26. The van der Waals surface area contributed by atoms with Gasteiger partial charge in [-0.25, -0.2) is 0 Å². The maximum atomic E-state index is 5.86. The third-order valence-electron chi connectivity index (χ3n) is 3.71. The summed E-state index contributed by atoms with van der Waals surface area (Å²) < 4.78 is 5.30. The number of nitrogens with zero attached hydrogens (tertiary/aromatic N) is 1. The van der Waals surface area contributed by atoms with Gasteiger partial charge in [0, 0.05) is 23.8 Å². The Bertz CT molecular complexity index is 382. The lowest BCUT2D eigenvalue weighted by molar-refractivity contribution is 0.407. The summed E-state index contributed by atoms with van der Waals surface area (Å²) >= 11 is 0. The molecule has 1 aliphatic heterocycles. The predicted octanol–water partition coefficient (Wildman–Crippen LogP) is 3.04. The van der Waals surface area contributed by atoms with E-state index in [2.05, 4.69) is 24.8 Å². The van der Waals surface area contributed by atoms with Crippen LogP contribution in [0.15, 0.2) is 18.2 Å². The lowest BCUT2D eigenvalue weighted by Gasteiger charge is -2.41. The average Bonchev–Trinajstić information content (AvgIpc) is 2.31. The van der Waals surface area contributed by atoms with Crippen molar-refractivity contribution >= 4 is 11.4 Å². The van der Waals surface area contributed by atoms with Crippen molar-refractivity contribution in [3.63, 3.8) is 0 Å². The molecule has 1 heterocycles. The van der Waals surface area contributed by atoms with E-state index >= 15 is 0 Å². The van der Waals surface area contributed by atoms with E-state index < -0.39 is 0 Å². The van der Waals surface area contributed by atoms with Crippen molar-refractivity contribution in [3.8, 4) is 5.75 Å². The summed E-state index contributed by atoms with van der Waals surface area (Å²) in [4.78, 5) is 2.48. The van der Waals surface area contributed by atoms with Crippen molar-refractivity contribution in [1.29, 1.82) is 0 Å². The molecule has 0 radical (unpaired) electrons. The molecule has 1 aromatic rings. The number of nitrogens with two attached hydrogens (primary N) is 1. The van der Waals surface area contributed by atoms with E-state index in [0.717, 1.165) is 5.75 Å². The Morgan fingerprint density at radius 1 is 1.24 bits per heavy atom. The molecule has 1 fully saturated rings. The van der Waals surface area contributed by atoms with Gasteiger partial charge in [0.25, 0.3) is 0 Å². The normalized spacial score (nSPS) is 24.8. The van der Waals surface area contributed by atoms with E-state index in [4.69, 9.17) is 10.5 Å². The SMILES string of the molecule is COc1cc(N2C(C)CCCC2C)ccc1N. The fourth-order valence-corrected chi connectivity index (χ4v) is 2.79. The van der Waals surface area contributed by atoms with E-state index in [-0.39, 0.29) is 0 Å². The largest absolute Gasteiger partial charge is 0.495 e.